The molecule has 0 radical (unpaired) electrons. The van der Waals surface area contributed by atoms with Crippen molar-refractivity contribution in [2.75, 3.05) is 11.9 Å². The Morgan fingerprint density at radius 1 is 1.67 bits per heavy atom. The maximum atomic E-state index is 10.7. The molecule has 3 N–H and O–H groups in total. The second kappa shape index (κ2) is 4.22. The summed E-state index contributed by atoms with van der Waals surface area (Å²) >= 11 is 0. The number of rotatable bonds is 4. The Labute approximate surface area is 87.7 Å². The van der Waals surface area contributed by atoms with E-state index in [2.05, 4.69) is 10.3 Å². The largest absolute Gasteiger partial charge is 0.358 e. The summed E-state index contributed by atoms with van der Waals surface area (Å²) in [7, 11) is 0. The van der Waals surface area contributed by atoms with Gasteiger partial charge in [0.25, 0.3) is 0 Å². The van der Waals surface area contributed by atoms with E-state index in [1.807, 2.05) is 13.8 Å². The second-order valence-electron chi connectivity index (χ2n) is 3.84. The predicted octanol–water partition coefficient (Wildman–Crippen LogP) is 1.14. The first-order valence-corrected chi connectivity index (χ1v) is 4.54. The molecule has 0 saturated carbocycles. The molecule has 0 amide bonds. The van der Waals surface area contributed by atoms with Crippen molar-refractivity contribution in [2.45, 2.75) is 19.4 Å². The van der Waals surface area contributed by atoms with Gasteiger partial charge in [-0.15, -0.1) is 0 Å². The van der Waals surface area contributed by atoms with E-state index in [0.717, 1.165) is 0 Å². The molecule has 0 bridgehead atoms. The molecule has 6 heteroatoms. The lowest BCUT2D eigenvalue weighted by molar-refractivity contribution is -0.384. The van der Waals surface area contributed by atoms with Crippen molar-refractivity contribution < 1.29 is 4.92 Å². The molecule has 0 aliphatic heterocycles. The van der Waals surface area contributed by atoms with Crippen LogP contribution in [0.2, 0.25) is 0 Å². The minimum Gasteiger partial charge on any atom is -0.358 e. The lowest BCUT2D eigenvalue weighted by Gasteiger charge is -2.24. The molecule has 1 aromatic heterocycles. The predicted molar refractivity (Wildman–Crippen MR) is 57.6 cm³/mol. The first kappa shape index (κ1) is 11.4. The minimum absolute atomic E-state index is 0.0426. The van der Waals surface area contributed by atoms with E-state index in [9.17, 15) is 10.1 Å². The van der Waals surface area contributed by atoms with E-state index < -0.39 is 10.5 Å². The van der Waals surface area contributed by atoms with E-state index in [-0.39, 0.29) is 11.5 Å². The molecule has 0 unspecified atom stereocenters. The van der Waals surface area contributed by atoms with Gasteiger partial charge in [0.2, 0.25) is 5.82 Å². The molecule has 0 atom stereocenters. The van der Waals surface area contributed by atoms with Crippen LogP contribution in [-0.2, 0) is 0 Å². The molecule has 82 valence electrons. The lowest BCUT2D eigenvalue weighted by atomic mass is 10.1. The number of aromatic nitrogens is 1. The van der Waals surface area contributed by atoms with Crippen LogP contribution in [0.3, 0.4) is 0 Å². The average Bonchev–Trinajstić information content (AvgIpc) is 2.18. The van der Waals surface area contributed by atoms with Gasteiger partial charge in [-0.05, 0) is 19.9 Å². The van der Waals surface area contributed by atoms with Crippen molar-refractivity contribution in [1.82, 2.24) is 4.98 Å². The monoisotopic (exact) mass is 210 g/mol. The highest BCUT2D eigenvalue weighted by atomic mass is 16.6. The summed E-state index contributed by atoms with van der Waals surface area (Å²) in [5.41, 5.74) is 5.06. The first-order chi connectivity index (χ1) is 6.96. The van der Waals surface area contributed by atoms with Gasteiger partial charge in [-0.25, -0.2) is 4.98 Å². The number of hydrogen-bond donors (Lipinski definition) is 2. The van der Waals surface area contributed by atoms with E-state index in [1.165, 1.54) is 18.3 Å². The zero-order valence-electron chi connectivity index (χ0n) is 8.73. The van der Waals surface area contributed by atoms with Gasteiger partial charge in [0.1, 0.15) is 0 Å². The van der Waals surface area contributed by atoms with Gasteiger partial charge < -0.3 is 11.1 Å². The van der Waals surface area contributed by atoms with E-state index in [1.54, 1.807) is 0 Å². The highest BCUT2D eigenvalue weighted by Gasteiger charge is 2.21. The smallest absolute Gasteiger partial charge is 0.311 e. The summed E-state index contributed by atoms with van der Waals surface area (Å²) in [6, 6.07) is 2.93. The van der Waals surface area contributed by atoms with Gasteiger partial charge in [0, 0.05) is 24.3 Å². The third-order valence-electron chi connectivity index (χ3n) is 1.95. The number of nitrogens with zero attached hydrogens (tertiary/aromatic N) is 2. The molecule has 6 nitrogen and oxygen atoms in total. The summed E-state index contributed by atoms with van der Waals surface area (Å²) < 4.78 is 0. The van der Waals surface area contributed by atoms with Crippen LogP contribution in [0.5, 0.6) is 0 Å². The number of hydrogen-bond acceptors (Lipinski definition) is 5. The Hall–Kier alpha value is -1.69. The summed E-state index contributed by atoms with van der Waals surface area (Å²) in [5, 5.41) is 13.6. The van der Waals surface area contributed by atoms with Crippen LogP contribution in [0.15, 0.2) is 18.3 Å². The molecule has 1 rings (SSSR count). The summed E-state index contributed by atoms with van der Waals surface area (Å²) in [6.45, 7) is 4.07. The zero-order valence-corrected chi connectivity index (χ0v) is 8.73. The molecule has 15 heavy (non-hydrogen) atoms. The molecule has 0 aliphatic rings. The van der Waals surface area contributed by atoms with Crippen LogP contribution in [0.1, 0.15) is 13.8 Å². The number of nitro groups is 1. The normalized spacial score (nSPS) is 11.1. The van der Waals surface area contributed by atoms with Crippen molar-refractivity contribution in [3.63, 3.8) is 0 Å². The Bertz CT molecular complexity index is 365. The highest BCUT2D eigenvalue weighted by molar-refractivity contribution is 5.56. The average molecular weight is 210 g/mol. The molecular formula is C9H14N4O2. The van der Waals surface area contributed by atoms with Gasteiger partial charge in [0.05, 0.1) is 4.92 Å². The Morgan fingerprint density at radius 2 is 2.33 bits per heavy atom. The second-order valence-corrected chi connectivity index (χ2v) is 3.84. The van der Waals surface area contributed by atoms with Crippen molar-refractivity contribution in [3.05, 3.63) is 28.4 Å². The van der Waals surface area contributed by atoms with Crippen molar-refractivity contribution in [2.24, 2.45) is 5.73 Å². The molecule has 0 aliphatic carbocycles. The number of nitrogens with one attached hydrogen (secondary N) is 1. The van der Waals surface area contributed by atoms with Crippen molar-refractivity contribution >= 4 is 11.5 Å². The molecule has 1 aromatic rings. The number of pyridine rings is 1. The summed E-state index contributed by atoms with van der Waals surface area (Å²) in [5.74, 6) is 0.248. The fourth-order valence-corrected chi connectivity index (χ4v) is 1.01. The van der Waals surface area contributed by atoms with Gasteiger partial charge >= 0.3 is 5.69 Å². The number of anilines is 1. The Morgan fingerprint density at radius 3 is 2.87 bits per heavy atom. The maximum Gasteiger partial charge on any atom is 0.311 e. The zero-order chi connectivity index (χ0) is 11.5. The summed E-state index contributed by atoms with van der Waals surface area (Å²) in [6.07, 6.45) is 1.50. The van der Waals surface area contributed by atoms with E-state index in [4.69, 9.17) is 5.73 Å². The molecule has 1 heterocycles. The van der Waals surface area contributed by atoms with Crippen LogP contribution in [0.25, 0.3) is 0 Å². The van der Waals surface area contributed by atoms with Gasteiger partial charge in [0.15, 0.2) is 0 Å². The Balaban J connectivity index is 2.99. The fourth-order valence-electron chi connectivity index (χ4n) is 1.01. The van der Waals surface area contributed by atoms with Crippen LogP contribution >= 0.6 is 0 Å². The van der Waals surface area contributed by atoms with Crippen molar-refractivity contribution in [1.29, 1.82) is 0 Å². The van der Waals surface area contributed by atoms with Gasteiger partial charge in [-0.3, -0.25) is 10.1 Å². The minimum atomic E-state index is -0.470. The van der Waals surface area contributed by atoms with Gasteiger partial charge in [-0.1, -0.05) is 0 Å². The van der Waals surface area contributed by atoms with Crippen LogP contribution < -0.4 is 11.1 Å². The molecule has 0 saturated heterocycles. The maximum absolute atomic E-state index is 10.7. The topological polar surface area (TPSA) is 94.1 Å². The van der Waals surface area contributed by atoms with E-state index >= 15 is 0 Å². The first-order valence-electron chi connectivity index (χ1n) is 4.54. The lowest BCUT2D eigenvalue weighted by Crippen LogP contribution is -2.39. The number of nitrogens with two attached hydrogens (primary N) is 1. The van der Waals surface area contributed by atoms with Gasteiger partial charge in [-0.2, -0.15) is 0 Å². The SMILES string of the molecule is CC(C)(CN)Nc1ncccc1[N+](=O)[O-]. The quantitative estimate of drug-likeness (QED) is 0.574. The Kier molecular flexibility index (Phi) is 3.21. The third kappa shape index (κ3) is 2.88. The third-order valence-corrected chi connectivity index (χ3v) is 1.95. The summed E-state index contributed by atoms with van der Waals surface area (Å²) in [4.78, 5) is 14.1. The van der Waals surface area contributed by atoms with Crippen molar-refractivity contribution in [3.8, 4) is 0 Å². The van der Waals surface area contributed by atoms with Crippen LogP contribution in [-0.4, -0.2) is 22.0 Å². The van der Waals surface area contributed by atoms with Crippen LogP contribution in [0.4, 0.5) is 11.5 Å². The standard InChI is InChI=1S/C9H14N4O2/c1-9(2,6-10)12-8-7(13(14)15)4-3-5-11-8/h3-5H,6,10H2,1-2H3,(H,11,12). The van der Waals surface area contributed by atoms with E-state index in [0.29, 0.717) is 6.54 Å². The molecule has 0 spiro atoms. The fraction of sp³-hybridized carbons (Fsp3) is 0.444. The van der Waals surface area contributed by atoms with Crippen LogP contribution in [0, 0.1) is 10.1 Å². The molecule has 0 aromatic carbocycles. The molecule has 0 fully saturated rings. The highest BCUT2D eigenvalue weighted by Crippen LogP contribution is 2.23. The molecular weight excluding hydrogens is 196 g/mol.